The first-order valence-corrected chi connectivity index (χ1v) is 2.92. The van der Waals surface area contributed by atoms with Crippen LogP contribution in [0.5, 0.6) is 0 Å². The second-order valence-electron chi connectivity index (χ2n) is 2.01. The minimum atomic E-state index is -1.08. The summed E-state index contributed by atoms with van der Waals surface area (Å²) in [4.78, 5) is 20.8. The third-order valence-corrected chi connectivity index (χ3v) is 1.22. The lowest BCUT2D eigenvalue weighted by Crippen LogP contribution is -2.27. The van der Waals surface area contributed by atoms with E-state index in [4.69, 9.17) is 5.11 Å². The van der Waals surface area contributed by atoms with E-state index in [-0.39, 0.29) is 11.5 Å². The quantitative estimate of drug-likeness (QED) is 0.517. The molecule has 0 radical (unpaired) electrons. The zero-order valence-corrected chi connectivity index (χ0v) is 5.26. The van der Waals surface area contributed by atoms with Crippen molar-refractivity contribution in [2.75, 3.05) is 6.54 Å². The van der Waals surface area contributed by atoms with Crippen LogP contribution < -0.4 is 5.32 Å². The number of hydrogen-bond acceptors (Lipinski definition) is 3. The molecule has 0 bridgehead atoms. The van der Waals surface area contributed by atoms with Crippen molar-refractivity contribution in [2.45, 2.75) is 6.42 Å². The van der Waals surface area contributed by atoms with Crippen LogP contribution in [0.4, 0.5) is 0 Å². The number of allylic oxidation sites excluding steroid dienone is 1. The standard InChI is InChI=1S/C6H7NO3/c8-4-1-2-7-5(3-4)6(9)10/h3,7H,1-2H2,(H,9,10). The van der Waals surface area contributed by atoms with Crippen LogP contribution in [0.25, 0.3) is 0 Å². The Labute approximate surface area is 57.5 Å². The number of carbonyl (C=O) groups is 2. The van der Waals surface area contributed by atoms with Gasteiger partial charge >= 0.3 is 5.97 Å². The van der Waals surface area contributed by atoms with Crippen LogP contribution in [-0.2, 0) is 9.59 Å². The number of hydrogen-bond donors (Lipinski definition) is 2. The summed E-state index contributed by atoms with van der Waals surface area (Å²) >= 11 is 0. The molecule has 10 heavy (non-hydrogen) atoms. The highest BCUT2D eigenvalue weighted by atomic mass is 16.4. The van der Waals surface area contributed by atoms with Crippen LogP contribution >= 0.6 is 0 Å². The van der Waals surface area contributed by atoms with Gasteiger partial charge in [-0.1, -0.05) is 0 Å². The molecule has 1 heterocycles. The average Bonchev–Trinajstić information content (AvgIpc) is 1.88. The Balaban J connectivity index is 2.75. The largest absolute Gasteiger partial charge is 0.477 e. The molecular weight excluding hydrogens is 134 g/mol. The minimum Gasteiger partial charge on any atom is -0.477 e. The Bertz CT molecular complexity index is 207. The van der Waals surface area contributed by atoms with Crippen molar-refractivity contribution in [3.05, 3.63) is 11.8 Å². The summed E-state index contributed by atoms with van der Waals surface area (Å²) in [5, 5.41) is 11.0. The van der Waals surface area contributed by atoms with E-state index in [9.17, 15) is 9.59 Å². The fourth-order valence-corrected chi connectivity index (χ4v) is 0.742. The van der Waals surface area contributed by atoms with Crippen LogP contribution in [0.2, 0.25) is 0 Å². The van der Waals surface area contributed by atoms with Crippen molar-refractivity contribution in [1.29, 1.82) is 0 Å². The number of ketones is 1. The molecule has 0 saturated carbocycles. The zero-order chi connectivity index (χ0) is 7.56. The summed E-state index contributed by atoms with van der Waals surface area (Å²) in [6.45, 7) is 0.428. The summed E-state index contributed by atoms with van der Waals surface area (Å²) in [5.41, 5.74) is -0.00347. The van der Waals surface area contributed by atoms with Crippen molar-refractivity contribution < 1.29 is 14.7 Å². The van der Waals surface area contributed by atoms with Gasteiger partial charge in [0.05, 0.1) is 0 Å². The van der Waals surface area contributed by atoms with E-state index < -0.39 is 5.97 Å². The predicted molar refractivity (Wildman–Crippen MR) is 33.3 cm³/mol. The van der Waals surface area contributed by atoms with Gasteiger partial charge in [-0.3, -0.25) is 4.79 Å². The first-order chi connectivity index (χ1) is 4.70. The first kappa shape index (κ1) is 6.80. The van der Waals surface area contributed by atoms with Crippen LogP contribution in [0.15, 0.2) is 11.8 Å². The van der Waals surface area contributed by atoms with Crippen LogP contribution in [-0.4, -0.2) is 23.4 Å². The average molecular weight is 141 g/mol. The van der Waals surface area contributed by atoms with Crippen LogP contribution in [0, 0.1) is 0 Å². The fraction of sp³-hybridized carbons (Fsp3) is 0.333. The topological polar surface area (TPSA) is 66.4 Å². The molecule has 0 atom stereocenters. The predicted octanol–water partition coefficient (Wildman–Crippen LogP) is -0.483. The van der Waals surface area contributed by atoms with E-state index in [1.807, 2.05) is 0 Å². The highest BCUT2D eigenvalue weighted by Gasteiger charge is 2.13. The normalized spacial score (nSPS) is 17.6. The molecule has 0 unspecified atom stereocenters. The van der Waals surface area contributed by atoms with Gasteiger partial charge in [0, 0.05) is 19.0 Å². The van der Waals surface area contributed by atoms with Gasteiger partial charge in [0.25, 0.3) is 0 Å². The molecule has 0 spiro atoms. The summed E-state index contributed by atoms with van der Waals surface area (Å²) in [6.07, 6.45) is 1.50. The number of aliphatic carboxylic acids is 1. The Morgan fingerprint density at radius 1 is 1.70 bits per heavy atom. The van der Waals surface area contributed by atoms with Gasteiger partial charge in [0.1, 0.15) is 5.70 Å². The Morgan fingerprint density at radius 3 is 2.80 bits per heavy atom. The summed E-state index contributed by atoms with van der Waals surface area (Å²) in [7, 11) is 0. The number of nitrogens with one attached hydrogen (secondary N) is 1. The lowest BCUT2D eigenvalue weighted by atomic mass is 10.2. The van der Waals surface area contributed by atoms with Gasteiger partial charge in [0.15, 0.2) is 5.78 Å². The van der Waals surface area contributed by atoms with Crippen molar-refractivity contribution in [3.8, 4) is 0 Å². The third kappa shape index (κ3) is 1.34. The minimum absolute atomic E-state index is 0.00347. The van der Waals surface area contributed by atoms with E-state index in [0.29, 0.717) is 13.0 Å². The Hall–Kier alpha value is -1.32. The van der Waals surface area contributed by atoms with Gasteiger partial charge in [-0.15, -0.1) is 0 Å². The highest BCUT2D eigenvalue weighted by molar-refractivity contribution is 5.99. The van der Waals surface area contributed by atoms with Gasteiger partial charge in [0.2, 0.25) is 0 Å². The molecule has 1 rings (SSSR count). The molecule has 0 aromatic rings. The van der Waals surface area contributed by atoms with Gasteiger partial charge in [-0.05, 0) is 0 Å². The Morgan fingerprint density at radius 2 is 2.40 bits per heavy atom. The maximum absolute atomic E-state index is 10.6. The highest BCUT2D eigenvalue weighted by Crippen LogP contribution is 1.98. The summed E-state index contributed by atoms with van der Waals surface area (Å²) < 4.78 is 0. The van der Waals surface area contributed by atoms with E-state index >= 15 is 0 Å². The van der Waals surface area contributed by atoms with Gasteiger partial charge in [-0.25, -0.2) is 4.79 Å². The van der Waals surface area contributed by atoms with Crippen LogP contribution in [0.1, 0.15) is 6.42 Å². The summed E-state index contributed by atoms with van der Waals surface area (Å²) in [6, 6.07) is 0. The third-order valence-electron chi connectivity index (χ3n) is 1.22. The molecule has 4 nitrogen and oxygen atoms in total. The fourth-order valence-electron chi connectivity index (χ4n) is 0.742. The van der Waals surface area contributed by atoms with Crippen molar-refractivity contribution in [1.82, 2.24) is 5.32 Å². The Kier molecular flexibility index (Phi) is 1.71. The number of carboxylic acids is 1. The molecule has 0 aromatic heterocycles. The molecule has 1 aliphatic heterocycles. The number of carboxylic acid groups (broad SMARTS) is 1. The van der Waals surface area contributed by atoms with Crippen LogP contribution in [0.3, 0.4) is 0 Å². The molecular formula is C6H7NO3. The molecule has 54 valence electrons. The SMILES string of the molecule is O=C1C=C(C(=O)O)NCC1. The molecule has 4 heteroatoms. The van der Waals surface area contributed by atoms with E-state index in [2.05, 4.69) is 5.32 Å². The maximum atomic E-state index is 10.6. The molecule has 2 N–H and O–H groups in total. The van der Waals surface area contributed by atoms with E-state index in [0.717, 1.165) is 6.08 Å². The van der Waals surface area contributed by atoms with Gasteiger partial charge in [-0.2, -0.15) is 0 Å². The van der Waals surface area contributed by atoms with Gasteiger partial charge < -0.3 is 10.4 Å². The molecule has 0 saturated heterocycles. The first-order valence-electron chi connectivity index (χ1n) is 2.92. The second-order valence-corrected chi connectivity index (χ2v) is 2.01. The van der Waals surface area contributed by atoms with Crippen molar-refractivity contribution >= 4 is 11.8 Å². The zero-order valence-electron chi connectivity index (χ0n) is 5.26. The molecule has 0 amide bonds. The molecule has 0 fully saturated rings. The number of carbonyl (C=O) groups excluding carboxylic acids is 1. The molecule has 0 aromatic carbocycles. The smallest absolute Gasteiger partial charge is 0.352 e. The number of rotatable bonds is 1. The van der Waals surface area contributed by atoms with Crippen molar-refractivity contribution in [3.63, 3.8) is 0 Å². The van der Waals surface area contributed by atoms with Crippen molar-refractivity contribution in [2.24, 2.45) is 0 Å². The molecule has 0 aliphatic carbocycles. The lowest BCUT2D eigenvalue weighted by Gasteiger charge is -2.09. The summed E-state index contributed by atoms with van der Waals surface area (Å²) in [5.74, 6) is -1.20. The molecule has 1 aliphatic rings. The van der Waals surface area contributed by atoms with E-state index in [1.165, 1.54) is 0 Å². The second kappa shape index (κ2) is 2.51. The maximum Gasteiger partial charge on any atom is 0.352 e. The van der Waals surface area contributed by atoms with E-state index in [1.54, 1.807) is 0 Å². The lowest BCUT2D eigenvalue weighted by molar-refractivity contribution is -0.133. The monoisotopic (exact) mass is 141 g/mol.